The molecule has 26 heavy (non-hydrogen) atoms. The average Bonchev–Trinajstić information content (AvgIpc) is 2.51. The molecule has 0 unspecified atom stereocenters. The number of nitrogens with two attached hydrogens (primary N) is 3. The maximum absolute atomic E-state index is 12.3. The third-order valence-corrected chi connectivity index (χ3v) is 3.84. The minimum absolute atomic E-state index is 0.0503. The maximum Gasteiger partial charge on any atom is 0.245 e. The van der Waals surface area contributed by atoms with Crippen molar-refractivity contribution < 1.29 is 19.5 Å². The van der Waals surface area contributed by atoms with Crippen molar-refractivity contribution in [3.8, 4) is 0 Å². The Balaban J connectivity index is 4.79. The van der Waals surface area contributed by atoms with Crippen molar-refractivity contribution in [2.75, 3.05) is 6.54 Å². The molecule has 0 aliphatic heterocycles. The molecule has 0 bridgehead atoms. The number of carbonyl (C=O) groups is 3. The summed E-state index contributed by atoms with van der Waals surface area (Å²) in [6.45, 7) is 4.97. The van der Waals surface area contributed by atoms with Crippen molar-refractivity contribution >= 4 is 36.7 Å². The molecule has 9 N–H and O–H groups in total. The second kappa shape index (κ2) is 11.0. The minimum atomic E-state index is -1.26. The molecule has 4 atom stereocenters. The number of nitrogens with one attached hydrogen (secondary N) is 2. The molecule has 150 valence electrons. The Hall–Kier alpha value is -1.85. The van der Waals surface area contributed by atoms with Gasteiger partial charge in [-0.3, -0.25) is 14.6 Å². The van der Waals surface area contributed by atoms with Crippen LogP contribution in [0.25, 0.3) is 0 Å². The Bertz CT molecular complexity index is 517. The molecule has 0 aliphatic rings. The zero-order chi connectivity index (χ0) is 20.5. The molecule has 10 nitrogen and oxygen atoms in total. The summed E-state index contributed by atoms with van der Waals surface area (Å²) in [6.07, 6.45) is 0.112. The summed E-state index contributed by atoms with van der Waals surface area (Å²) in [5.74, 6) is -1.37. The van der Waals surface area contributed by atoms with Crippen molar-refractivity contribution in [2.45, 2.75) is 62.6 Å². The van der Waals surface area contributed by atoms with E-state index >= 15 is 0 Å². The van der Waals surface area contributed by atoms with Gasteiger partial charge in [0.25, 0.3) is 0 Å². The van der Waals surface area contributed by atoms with Crippen molar-refractivity contribution in [3.63, 3.8) is 0 Å². The summed E-state index contributed by atoms with van der Waals surface area (Å²) in [6, 6.07) is -3.06. The van der Waals surface area contributed by atoms with Crippen LogP contribution in [0.3, 0.4) is 0 Å². The van der Waals surface area contributed by atoms with Gasteiger partial charge in [0.2, 0.25) is 11.8 Å². The number of rotatable bonds is 11. The summed E-state index contributed by atoms with van der Waals surface area (Å²) >= 11 is 4.24. The highest BCUT2D eigenvalue weighted by atomic mass is 32.1. The average molecular weight is 391 g/mol. The van der Waals surface area contributed by atoms with Crippen LogP contribution in [0.4, 0.5) is 0 Å². The molecule has 0 rings (SSSR count). The molecule has 2 amide bonds. The Kier molecular flexibility index (Phi) is 10.2. The first kappa shape index (κ1) is 24.1. The molecule has 0 aromatic carbocycles. The van der Waals surface area contributed by atoms with E-state index in [0.717, 1.165) is 0 Å². The molecule has 0 fully saturated rings. The van der Waals surface area contributed by atoms with Crippen LogP contribution in [0.1, 0.15) is 33.6 Å². The van der Waals surface area contributed by atoms with Gasteiger partial charge in [0, 0.05) is 11.3 Å². The summed E-state index contributed by atoms with van der Waals surface area (Å²) in [7, 11) is 0. The fraction of sp³-hybridized carbons (Fsp3) is 0.733. The van der Waals surface area contributed by atoms with Gasteiger partial charge in [-0.2, -0.15) is 12.6 Å². The molecular formula is C15H30N6O4S. The van der Waals surface area contributed by atoms with Gasteiger partial charge in [-0.25, -0.2) is 0 Å². The lowest BCUT2D eigenvalue weighted by molar-refractivity contribution is -0.133. The fourth-order valence-electron chi connectivity index (χ4n) is 1.94. The topological polar surface area (TPSA) is 186 Å². The number of guanidine groups is 1. The number of aldehydes is 1. The van der Waals surface area contributed by atoms with Crippen LogP contribution in [0, 0.1) is 0 Å². The van der Waals surface area contributed by atoms with E-state index in [9.17, 15) is 19.5 Å². The summed E-state index contributed by atoms with van der Waals surface area (Å²) in [5.41, 5.74) is 16.2. The highest BCUT2D eigenvalue weighted by Crippen LogP contribution is 2.16. The smallest absolute Gasteiger partial charge is 0.245 e. The lowest BCUT2D eigenvalue weighted by atomic mass is 10.0. The summed E-state index contributed by atoms with van der Waals surface area (Å²) < 4.78 is -0.813. The third kappa shape index (κ3) is 9.02. The number of amides is 2. The largest absolute Gasteiger partial charge is 0.391 e. The number of thiol groups is 1. The van der Waals surface area contributed by atoms with Gasteiger partial charge < -0.3 is 37.7 Å². The molecule has 0 saturated carbocycles. The normalized spacial score (nSPS) is 15.9. The van der Waals surface area contributed by atoms with Crippen molar-refractivity contribution in [3.05, 3.63) is 0 Å². The van der Waals surface area contributed by atoms with Crippen LogP contribution in [0.2, 0.25) is 0 Å². The number of carbonyl (C=O) groups excluding carboxylic acids is 3. The van der Waals surface area contributed by atoms with Crippen molar-refractivity contribution in [1.82, 2.24) is 10.6 Å². The lowest BCUT2D eigenvalue weighted by Crippen LogP contribution is -2.59. The number of hydrogen-bond acceptors (Lipinski definition) is 7. The molecule has 0 spiro atoms. The van der Waals surface area contributed by atoms with Gasteiger partial charge >= 0.3 is 0 Å². The number of hydrogen-bond donors (Lipinski definition) is 7. The summed E-state index contributed by atoms with van der Waals surface area (Å²) in [5, 5.41) is 14.7. The fourth-order valence-corrected chi connectivity index (χ4v) is 2.06. The zero-order valence-corrected chi connectivity index (χ0v) is 16.2. The molecule has 0 aromatic heterocycles. The van der Waals surface area contributed by atoms with Gasteiger partial charge in [0.05, 0.1) is 18.2 Å². The quantitative estimate of drug-likeness (QED) is 0.0675. The van der Waals surface area contributed by atoms with Gasteiger partial charge in [-0.1, -0.05) is 0 Å². The lowest BCUT2D eigenvalue weighted by Gasteiger charge is -2.29. The Morgan fingerprint density at radius 1 is 1.27 bits per heavy atom. The van der Waals surface area contributed by atoms with Crippen molar-refractivity contribution in [2.24, 2.45) is 22.2 Å². The van der Waals surface area contributed by atoms with Crippen molar-refractivity contribution in [1.29, 1.82) is 0 Å². The Labute approximate surface area is 158 Å². The summed E-state index contributed by atoms with van der Waals surface area (Å²) in [4.78, 5) is 39.4. The van der Waals surface area contributed by atoms with Crippen LogP contribution in [0.15, 0.2) is 4.99 Å². The SMILES string of the molecule is C[C@@H](O)[C@H](NC(=O)[C@@H](N)CCCN=C(N)N)C(=O)N[C@H](C=O)C(C)(C)S. The predicted octanol–water partition coefficient (Wildman–Crippen LogP) is -2.37. The molecule has 0 saturated heterocycles. The monoisotopic (exact) mass is 390 g/mol. The number of aliphatic hydroxyl groups excluding tert-OH is 1. The van der Waals surface area contributed by atoms with Crippen LogP contribution in [0.5, 0.6) is 0 Å². The van der Waals surface area contributed by atoms with E-state index in [4.69, 9.17) is 17.2 Å². The zero-order valence-electron chi connectivity index (χ0n) is 15.3. The molecule has 0 aromatic rings. The van der Waals surface area contributed by atoms with E-state index in [0.29, 0.717) is 19.3 Å². The molecule has 0 heterocycles. The second-order valence-electron chi connectivity index (χ2n) is 6.56. The van der Waals surface area contributed by atoms with E-state index in [-0.39, 0.29) is 12.4 Å². The Morgan fingerprint density at radius 2 is 1.85 bits per heavy atom. The number of nitrogens with zero attached hydrogens (tertiary/aromatic N) is 1. The van der Waals surface area contributed by atoms with Crippen LogP contribution < -0.4 is 27.8 Å². The van der Waals surface area contributed by atoms with Gasteiger partial charge in [0.1, 0.15) is 12.3 Å². The molecule has 0 aliphatic carbocycles. The second-order valence-corrected chi connectivity index (χ2v) is 7.71. The first-order valence-corrected chi connectivity index (χ1v) is 8.62. The Morgan fingerprint density at radius 3 is 2.27 bits per heavy atom. The highest BCUT2D eigenvalue weighted by Gasteiger charge is 2.32. The minimum Gasteiger partial charge on any atom is -0.391 e. The molecular weight excluding hydrogens is 360 g/mol. The van der Waals surface area contributed by atoms with E-state index < -0.39 is 40.8 Å². The first-order valence-electron chi connectivity index (χ1n) is 8.17. The van der Waals surface area contributed by atoms with Gasteiger partial charge in [0.15, 0.2) is 5.96 Å². The molecule has 11 heteroatoms. The standard InChI is InChI=1S/C15H30N6O4S/c1-8(23)11(13(25)20-10(7-22)15(2,3)26)21-12(24)9(16)5-4-6-19-14(17)18/h7-11,23,26H,4-6,16H2,1-3H3,(H,20,25)(H,21,24)(H4,17,18,19)/t8-,9+,10-,11+/m1/s1. The van der Waals surface area contributed by atoms with Gasteiger partial charge in [-0.05, 0) is 33.6 Å². The first-order chi connectivity index (χ1) is 11.9. The van der Waals surface area contributed by atoms with E-state index in [1.54, 1.807) is 13.8 Å². The van der Waals surface area contributed by atoms with Crippen LogP contribution in [-0.2, 0) is 14.4 Å². The third-order valence-electron chi connectivity index (χ3n) is 3.56. The van der Waals surface area contributed by atoms with Crippen LogP contribution >= 0.6 is 12.6 Å². The van der Waals surface area contributed by atoms with E-state index in [1.165, 1.54) is 6.92 Å². The number of aliphatic hydroxyl groups is 1. The highest BCUT2D eigenvalue weighted by molar-refractivity contribution is 7.81. The van der Waals surface area contributed by atoms with E-state index in [2.05, 4.69) is 28.3 Å². The number of aliphatic imine (C=N–C) groups is 1. The molecule has 0 radical (unpaired) electrons. The van der Waals surface area contributed by atoms with E-state index in [1.807, 2.05) is 0 Å². The van der Waals surface area contributed by atoms with Gasteiger partial charge in [-0.15, -0.1) is 0 Å². The van der Waals surface area contributed by atoms with Crippen LogP contribution in [-0.4, -0.2) is 64.7 Å². The maximum atomic E-state index is 12.3. The predicted molar refractivity (Wildman–Crippen MR) is 103 cm³/mol.